The van der Waals surface area contributed by atoms with E-state index in [1.165, 1.54) is 0 Å². The molecular formula is C18H28N4O3. The van der Waals surface area contributed by atoms with E-state index in [4.69, 9.17) is 4.74 Å². The highest BCUT2D eigenvalue weighted by atomic mass is 16.5. The van der Waals surface area contributed by atoms with E-state index in [1.54, 1.807) is 0 Å². The van der Waals surface area contributed by atoms with Crippen LogP contribution in [0, 0.1) is 0 Å². The Balaban J connectivity index is 1.81. The zero-order valence-electron chi connectivity index (χ0n) is 15.2. The summed E-state index contributed by atoms with van der Waals surface area (Å²) < 4.78 is 5.75. The van der Waals surface area contributed by atoms with Crippen LogP contribution in [0.25, 0.3) is 0 Å². The van der Waals surface area contributed by atoms with Gasteiger partial charge in [-0.3, -0.25) is 4.79 Å². The number of carbonyl (C=O) groups excluding carboxylic acids is 2. The fourth-order valence-electron chi connectivity index (χ4n) is 2.81. The number of ether oxygens (including phenoxy) is 1. The predicted molar refractivity (Wildman–Crippen MR) is 99.0 cm³/mol. The van der Waals surface area contributed by atoms with E-state index in [1.807, 2.05) is 31.2 Å². The number of rotatable bonds is 6. The van der Waals surface area contributed by atoms with E-state index >= 15 is 0 Å². The molecule has 1 aromatic carbocycles. The number of hydrogen-bond donors (Lipinski definition) is 3. The van der Waals surface area contributed by atoms with Crippen molar-refractivity contribution < 1.29 is 14.3 Å². The summed E-state index contributed by atoms with van der Waals surface area (Å²) in [5.41, 5.74) is 1.79. The van der Waals surface area contributed by atoms with Crippen molar-refractivity contribution in [3.05, 3.63) is 24.3 Å². The molecule has 0 saturated carbocycles. The Morgan fingerprint density at radius 1 is 1.12 bits per heavy atom. The van der Waals surface area contributed by atoms with E-state index in [0.29, 0.717) is 12.2 Å². The average molecular weight is 348 g/mol. The number of nitrogens with one attached hydrogen (secondary N) is 3. The van der Waals surface area contributed by atoms with Crippen molar-refractivity contribution in [2.24, 2.45) is 0 Å². The maximum absolute atomic E-state index is 11.8. The fraction of sp³-hybridized carbons (Fsp3) is 0.556. The minimum atomic E-state index is -0.395. The number of benzene rings is 1. The molecule has 0 spiro atoms. The first kappa shape index (κ1) is 19.1. The van der Waals surface area contributed by atoms with Gasteiger partial charge in [-0.05, 0) is 44.5 Å². The van der Waals surface area contributed by atoms with Crippen LogP contribution in [0.2, 0.25) is 0 Å². The molecule has 0 radical (unpaired) electrons. The van der Waals surface area contributed by atoms with E-state index in [2.05, 4.69) is 34.7 Å². The first-order valence-corrected chi connectivity index (χ1v) is 8.80. The van der Waals surface area contributed by atoms with Crippen LogP contribution in [0.3, 0.4) is 0 Å². The molecule has 2 rings (SSSR count). The number of hydrogen-bond acceptors (Lipinski definition) is 4. The van der Waals surface area contributed by atoms with E-state index in [0.717, 1.165) is 25.2 Å². The van der Waals surface area contributed by atoms with Gasteiger partial charge in [-0.15, -0.1) is 0 Å². The molecule has 1 fully saturated rings. The van der Waals surface area contributed by atoms with Crippen LogP contribution >= 0.6 is 0 Å². The van der Waals surface area contributed by atoms with E-state index in [-0.39, 0.29) is 24.7 Å². The predicted octanol–water partition coefficient (Wildman–Crippen LogP) is 1.95. The molecule has 1 aromatic rings. The first-order valence-electron chi connectivity index (χ1n) is 8.80. The molecule has 0 bridgehead atoms. The number of amides is 3. The highest BCUT2D eigenvalue weighted by Crippen LogP contribution is 2.22. The summed E-state index contributed by atoms with van der Waals surface area (Å²) in [6, 6.07) is 7.28. The summed E-state index contributed by atoms with van der Waals surface area (Å²) in [6.07, 6.45) is 1.27. The molecule has 1 saturated heterocycles. The van der Waals surface area contributed by atoms with E-state index in [9.17, 15) is 9.59 Å². The number of carbonyl (C=O) groups is 2. The Hall–Kier alpha value is -2.28. The molecule has 7 nitrogen and oxygen atoms in total. The van der Waals surface area contributed by atoms with Gasteiger partial charge >= 0.3 is 6.03 Å². The SMILES string of the molecule is CCCNC(=O)CNC(=O)Nc1ccc(N2CC(C)OC(C)C2)cc1. The lowest BCUT2D eigenvalue weighted by Gasteiger charge is -2.36. The van der Waals surface area contributed by atoms with Crippen molar-refractivity contribution in [3.8, 4) is 0 Å². The highest BCUT2D eigenvalue weighted by molar-refractivity contribution is 5.92. The largest absolute Gasteiger partial charge is 0.372 e. The molecule has 25 heavy (non-hydrogen) atoms. The smallest absolute Gasteiger partial charge is 0.319 e. The Morgan fingerprint density at radius 2 is 1.76 bits per heavy atom. The lowest BCUT2D eigenvalue weighted by molar-refractivity contribution is -0.120. The van der Waals surface area contributed by atoms with Crippen molar-refractivity contribution >= 4 is 23.3 Å². The Kier molecular flexibility index (Phi) is 7.06. The van der Waals surface area contributed by atoms with Gasteiger partial charge in [0, 0.05) is 31.0 Å². The Morgan fingerprint density at radius 3 is 2.36 bits per heavy atom. The molecule has 1 aliphatic rings. The quantitative estimate of drug-likeness (QED) is 0.734. The number of urea groups is 1. The van der Waals surface area contributed by atoms with Gasteiger partial charge in [0.15, 0.2) is 0 Å². The third-order valence-electron chi connectivity index (χ3n) is 3.89. The van der Waals surface area contributed by atoms with Crippen LogP contribution in [0.5, 0.6) is 0 Å². The zero-order chi connectivity index (χ0) is 18.2. The van der Waals surface area contributed by atoms with Crippen LogP contribution in [0.4, 0.5) is 16.2 Å². The van der Waals surface area contributed by atoms with Crippen LogP contribution in [-0.2, 0) is 9.53 Å². The molecule has 1 heterocycles. The van der Waals surface area contributed by atoms with Crippen LogP contribution in [0.1, 0.15) is 27.2 Å². The third kappa shape index (κ3) is 6.26. The highest BCUT2D eigenvalue weighted by Gasteiger charge is 2.22. The molecule has 3 N–H and O–H groups in total. The van der Waals surface area contributed by atoms with Crippen molar-refractivity contribution in [2.75, 3.05) is 36.4 Å². The van der Waals surface area contributed by atoms with Crippen LogP contribution in [0.15, 0.2) is 24.3 Å². The summed E-state index contributed by atoms with van der Waals surface area (Å²) >= 11 is 0. The third-order valence-corrected chi connectivity index (χ3v) is 3.89. The lowest BCUT2D eigenvalue weighted by Crippen LogP contribution is -2.45. The Labute approximate surface area is 149 Å². The van der Waals surface area contributed by atoms with Gasteiger partial charge in [0.2, 0.25) is 5.91 Å². The minimum absolute atomic E-state index is 0.0343. The lowest BCUT2D eigenvalue weighted by atomic mass is 10.2. The van der Waals surface area contributed by atoms with Gasteiger partial charge in [-0.1, -0.05) is 6.92 Å². The normalized spacial score (nSPS) is 20.0. The average Bonchev–Trinajstić information content (AvgIpc) is 2.58. The topological polar surface area (TPSA) is 82.7 Å². The van der Waals surface area contributed by atoms with Crippen molar-refractivity contribution in [3.63, 3.8) is 0 Å². The molecule has 138 valence electrons. The summed E-state index contributed by atoms with van der Waals surface area (Å²) in [5.74, 6) is -0.192. The molecule has 7 heteroatoms. The van der Waals surface area contributed by atoms with Gasteiger partial charge in [0.05, 0.1) is 18.8 Å². The van der Waals surface area contributed by atoms with Crippen molar-refractivity contribution in [1.82, 2.24) is 10.6 Å². The maximum Gasteiger partial charge on any atom is 0.319 e. The molecule has 3 amide bonds. The maximum atomic E-state index is 11.8. The number of anilines is 2. The second-order valence-corrected chi connectivity index (χ2v) is 6.37. The standard InChI is InChI=1S/C18H28N4O3/c1-4-9-19-17(23)10-20-18(24)21-15-5-7-16(8-6-15)22-11-13(2)25-14(3)12-22/h5-8,13-14H,4,9-12H2,1-3H3,(H,19,23)(H2,20,21,24). The monoisotopic (exact) mass is 348 g/mol. The van der Waals surface area contributed by atoms with Crippen LogP contribution < -0.4 is 20.9 Å². The number of morpholine rings is 1. The molecule has 2 unspecified atom stereocenters. The summed E-state index contributed by atoms with van der Waals surface area (Å²) in [6.45, 7) is 8.40. The summed E-state index contributed by atoms with van der Waals surface area (Å²) in [5, 5.41) is 7.97. The molecule has 0 aliphatic carbocycles. The molecule has 1 aliphatic heterocycles. The van der Waals surface area contributed by atoms with Gasteiger partial charge in [-0.2, -0.15) is 0 Å². The van der Waals surface area contributed by atoms with Crippen LogP contribution in [-0.4, -0.2) is 50.3 Å². The molecule has 2 atom stereocenters. The summed E-state index contributed by atoms with van der Waals surface area (Å²) in [7, 11) is 0. The van der Waals surface area contributed by atoms with E-state index < -0.39 is 6.03 Å². The fourth-order valence-corrected chi connectivity index (χ4v) is 2.81. The molecular weight excluding hydrogens is 320 g/mol. The first-order chi connectivity index (χ1) is 12.0. The molecule has 0 aromatic heterocycles. The van der Waals surface area contributed by atoms with Crippen molar-refractivity contribution in [1.29, 1.82) is 0 Å². The number of nitrogens with zero attached hydrogens (tertiary/aromatic N) is 1. The van der Waals surface area contributed by atoms with Gasteiger partial charge in [0.25, 0.3) is 0 Å². The van der Waals surface area contributed by atoms with Gasteiger partial charge < -0.3 is 25.6 Å². The summed E-state index contributed by atoms with van der Waals surface area (Å²) in [4.78, 5) is 25.6. The minimum Gasteiger partial charge on any atom is -0.372 e. The van der Waals surface area contributed by atoms with Gasteiger partial charge in [0.1, 0.15) is 0 Å². The second-order valence-electron chi connectivity index (χ2n) is 6.37. The Bertz CT molecular complexity index is 566. The zero-order valence-corrected chi connectivity index (χ0v) is 15.2. The second kappa shape index (κ2) is 9.27. The van der Waals surface area contributed by atoms with Gasteiger partial charge in [-0.25, -0.2) is 4.79 Å². The van der Waals surface area contributed by atoms with Crippen molar-refractivity contribution in [2.45, 2.75) is 39.4 Å².